The lowest BCUT2D eigenvalue weighted by atomic mass is 9.67. The zero-order chi connectivity index (χ0) is 26.9. The summed E-state index contributed by atoms with van der Waals surface area (Å²) in [7, 11) is 0. The maximum Gasteiger partial charge on any atom is 0.395 e. The number of hydrogen-bond donors (Lipinski definition) is 1. The molecule has 0 spiro atoms. The Morgan fingerprint density at radius 2 is 1.87 bits per heavy atom. The van der Waals surface area contributed by atoms with Gasteiger partial charge in [-0.05, 0) is 69.3 Å². The van der Waals surface area contributed by atoms with Gasteiger partial charge in [0.25, 0.3) is 5.91 Å². The summed E-state index contributed by atoms with van der Waals surface area (Å²) < 4.78 is 61.1. The number of aliphatic hydroxyl groups is 1. The van der Waals surface area contributed by atoms with E-state index in [-0.39, 0.29) is 43.3 Å². The lowest BCUT2D eigenvalue weighted by Crippen LogP contribution is -2.53. The lowest BCUT2D eigenvalue weighted by Gasteiger charge is -2.47. The Morgan fingerprint density at radius 3 is 2.42 bits per heavy atom. The van der Waals surface area contributed by atoms with Crippen molar-refractivity contribution in [2.75, 3.05) is 39.3 Å². The normalized spacial score (nSPS) is 22.3. The van der Waals surface area contributed by atoms with Crippen molar-refractivity contribution in [3.63, 3.8) is 0 Å². The summed E-state index contributed by atoms with van der Waals surface area (Å²) in [6.07, 6.45) is 0.0374. The molecule has 6 nitrogen and oxygen atoms in total. The highest BCUT2D eigenvalue weighted by Crippen LogP contribution is 2.53. The molecule has 2 saturated heterocycles. The van der Waals surface area contributed by atoms with Crippen molar-refractivity contribution in [1.82, 2.24) is 14.8 Å². The number of pyridine rings is 1. The summed E-state index contributed by atoms with van der Waals surface area (Å²) in [5, 5.41) is 9.64. The third-order valence-electron chi connectivity index (χ3n) is 8.33. The fraction of sp³-hybridized carbons (Fsp3) is 0.571. The fourth-order valence-electron chi connectivity index (χ4n) is 5.69. The molecule has 38 heavy (non-hydrogen) atoms. The molecule has 10 heteroatoms. The van der Waals surface area contributed by atoms with Crippen molar-refractivity contribution in [1.29, 1.82) is 0 Å². The number of aliphatic hydroxyl groups excluding tert-OH is 1. The quantitative estimate of drug-likeness (QED) is 0.510. The van der Waals surface area contributed by atoms with E-state index in [2.05, 4.69) is 4.98 Å². The van der Waals surface area contributed by atoms with Crippen LogP contribution in [0.25, 0.3) is 11.1 Å². The van der Waals surface area contributed by atoms with Gasteiger partial charge in [-0.15, -0.1) is 0 Å². The molecule has 2 aromatic rings. The van der Waals surface area contributed by atoms with E-state index in [0.717, 1.165) is 12.8 Å². The molecule has 0 bridgehead atoms. The van der Waals surface area contributed by atoms with Gasteiger partial charge >= 0.3 is 6.18 Å². The third-order valence-corrected chi connectivity index (χ3v) is 8.33. The summed E-state index contributed by atoms with van der Waals surface area (Å²) in [6, 6.07) is 7.70. The van der Waals surface area contributed by atoms with E-state index < -0.39 is 23.5 Å². The van der Waals surface area contributed by atoms with Gasteiger partial charge in [0.05, 0.1) is 18.1 Å². The second-order valence-corrected chi connectivity index (χ2v) is 10.9. The molecule has 2 aliphatic heterocycles. The Hall–Kier alpha value is -2.72. The molecule has 1 N–H and O–H groups in total. The zero-order valence-corrected chi connectivity index (χ0v) is 21.2. The van der Waals surface area contributed by atoms with Crippen LogP contribution in [0, 0.1) is 17.2 Å². The van der Waals surface area contributed by atoms with Gasteiger partial charge in [0.2, 0.25) is 5.88 Å². The fourth-order valence-corrected chi connectivity index (χ4v) is 5.69. The zero-order valence-electron chi connectivity index (χ0n) is 21.2. The molecule has 3 heterocycles. The van der Waals surface area contributed by atoms with Gasteiger partial charge in [-0.2, -0.15) is 13.2 Å². The SMILES string of the molecule is O=C(c1ccc(-c2ccc(OCC3CCN(CC4(C(F)(F)F)CCC4)CC3)nc2)c(F)c1)N1CC[C@H](O)C1. The van der Waals surface area contributed by atoms with Crippen LogP contribution in [0.2, 0.25) is 0 Å². The summed E-state index contributed by atoms with van der Waals surface area (Å²) in [5.41, 5.74) is -0.416. The Morgan fingerprint density at radius 1 is 1.11 bits per heavy atom. The summed E-state index contributed by atoms with van der Waals surface area (Å²) in [5.74, 6) is -0.189. The average molecular weight is 536 g/mol. The van der Waals surface area contributed by atoms with Crippen LogP contribution in [-0.2, 0) is 0 Å². The highest BCUT2D eigenvalue weighted by Gasteiger charge is 2.58. The maximum absolute atomic E-state index is 14.8. The van der Waals surface area contributed by atoms with Gasteiger partial charge in [-0.25, -0.2) is 9.37 Å². The van der Waals surface area contributed by atoms with E-state index in [9.17, 15) is 27.5 Å². The van der Waals surface area contributed by atoms with E-state index in [1.165, 1.54) is 17.2 Å². The number of likely N-dealkylation sites (tertiary alicyclic amines) is 2. The highest BCUT2D eigenvalue weighted by atomic mass is 19.4. The average Bonchev–Trinajstić information content (AvgIpc) is 3.31. The largest absolute Gasteiger partial charge is 0.477 e. The van der Waals surface area contributed by atoms with E-state index in [1.54, 1.807) is 24.3 Å². The van der Waals surface area contributed by atoms with Gasteiger partial charge in [-0.3, -0.25) is 4.79 Å². The molecule has 1 saturated carbocycles. The number of ether oxygens (including phenoxy) is 1. The number of alkyl halides is 3. The van der Waals surface area contributed by atoms with E-state index in [4.69, 9.17) is 4.74 Å². The minimum Gasteiger partial charge on any atom is -0.477 e. The second-order valence-electron chi connectivity index (χ2n) is 10.9. The molecule has 1 aromatic carbocycles. The van der Waals surface area contributed by atoms with Crippen LogP contribution in [0.15, 0.2) is 36.5 Å². The minimum absolute atomic E-state index is 0.0974. The van der Waals surface area contributed by atoms with Crippen molar-refractivity contribution < 1.29 is 32.2 Å². The first kappa shape index (κ1) is 26.9. The van der Waals surface area contributed by atoms with Crippen molar-refractivity contribution >= 4 is 5.91 Å². The molecule has 1 amide bonds. The molecule has 206 valence electrons. The Kier molecular flexibility index (Phi) is 7.64. The number of β-amino-alcohol motifs (C(OH)–C–C–N with tert-alkyl or cyclic N) is 1. The van der Waals surface area contributed by atoms with Crippen LogP contribution in [0.4, 0.5) is 17.6 Å². The highest BCUT2D eigenvalue weighted by molar-refractivity contribution is 5.95. The van der Waals surface area contributed by atoms with E-state index >= 15 is 0 Å². The van der Waals surface area contributed by atoms with E-state index in [0.29, 0.717) is 56.1 Å². The first-order valence-electron chi connectivity index (χ1n) is 13.3. The molecular formula is C28H33F4N3O3. The van der Waals surface area contributed by atoms with Gasteiger partial charge in [0.1, 0.15) is 5.82 Å². The molecule has 3 fully saturated rings. The van der Waals surface area contributed by atoms with Gasteiger partial charge in [-0.1, -0.05) is 12.5 Å². The van der Waals surface area contributed by atoms with Crippen LogP contribution in [0.1, 0.15) is 48.9 Å². The number of benzene rings is 1. The molecule has 1 atom stereocenters. The van der Waals surface area contributed by atoms with Crippen molar-refractivity contribution in [2.45, 2.75) is 50.8 Å². The predicted molar refractivity (Wildman–Crippen MR) is 133 cm³/mol. The second kappa shape index (κ2) is 10.8. The van der Waals surface area contributed by atoms with Gasteiger partial charge < -0.3 is 19.6 Å². The van der Waals surface area contributed by atoms with Gasteiger partial charge in [0, 0.05) is 48.6 Å². The van der Waals surface area contributed by atoms with Crippen LogP contribution >= 0.6 is 0 Å². The summed E-state index contributed by atoms with van der Waals surface area (Å²) >= 11 is 0. The number of hydrogen-bond acceptors (Lipinski definition) is 5. The van der Waals surface area contributed by atoms with Crippen LogP contribution in [0.3, 0.4) is 0 Å². The molecule has 0 unspecified atom stereocenters. The number of carbonyl (C=O) groups excluding carboxylic acids is 1. The molecular weight excluding hydrogens is 502 g/mol. The number of amides is 1. The Labute approximate surface area is 219 Å². The topological polar surface area (TPSA) is 65.9 Å². The predicted octanol–water partition coefficient (Wildman–Crippen LogP) is 4.92. The van der Waals surface area contributed by atoms with Crippen molar-refractivity contribution in [3.8, 4) is 17.0 Å². The molecule has 1 aliphatic carbocycles. The monoisotopic (exact) mass is 535 g/mol. The Bertz CT molecular complexity index is 1130. The first-order valence-corrected chi connectivity index (χ1v) is 13.3. The summed E-state index contributed by atoms with van der Waals surface area (Å²) in [4.78, 5) is 20.3. The first-order chi connectivity index (χ1) is 18.1. The van der Waals surface area contributed by atoms with Crippen LogP contribution in [-0.4, -0.2) is 77.4 Å². The molecule has 3 aliphatic rings. The molecule has 1 aromatic heterocycles. The number of piperidine rings is 1. The number of aromatic nitrogens is 1. The maximum atomic E-state index is 14.8. The van der Waals surface area contributed by atoms with Crippen LogP contribution in [0.5, 0.6) is 5.88 Å². The van der Waals surface area contributed by atoms with Crippen LogP contribution < -0.4 is 4.74 Å². The number of carbonyl (C=O) groups is 1. The Balaban J connectivity index is 1.11. The lowest BCUT2D eigenvalue weighted by molar-refractivity contribution is -0.256. The minimum atomic E-state index is -4.14. The van der Waals surface area contributed by atoms with E-state index in [1.807, 2.05) is 4.90 Å². The standard InChI is InChI=1S/C28H33F4N3O3/c29-24-14-20(26(37)35-13-8-22(36)16-35)2-4-23(24)21-3-5-25(33-15-21)38-17-19-6-11-34(12-7-19)18-27(9-1-10-27)28(30,31)32/h2-5,14-15,19,22,36H,1,6-13,16-18H2/t22-/m0/s1. The number of rotatable bonds is 7. The third kappa shape index (κ3) is 5.66. The molecule has 5 rings (SSSR count). The number of halogens is 4. The summed E-state index contributed by atoms with van der Waals surface area (Å²) in [6.45, 7) is 2.50. The van der Waals surface area contributed by atoms with Crippen molar-refractivity contribution in [3.05, 3.63) is 47.9 Å². The smallest absolute Gasteiger partial charge is 0.395 e. The molecule has 0 radical (unpaired) electrons. The number of nitrogens with zero attached hydrogens (tertiary/aromatic N) is 3. The van der Waals surface area contributed by atoms with Gasteiger partial charge in [0.15, 0.2) is 0 Å². The van der Waals surface area contributed by atoms with Crippen molar-refractivity contribution in [2.24, 2.45) is 11.3 Å².